The largest absolute Gasteiger partial charge is 0.392 e. The van der Waals surface area contributed by atoms with Gasteiger partial charge in [0, 0.05) is 18.8 Å². The molecule has 1 aromatic rings. The molecule has 0 saturated heterocycles. The SMILES string of the molecule is OCc1ccc(CNC2CCCC2)nc1. The average Bonchev–Trinajstić information content (AvgIpc) is 2.80. The van der Waals surface area contributed by atoms with Gasteiger partial charge in [0.05, 0.1) is 12.3 Å². The molecule has 82 valence electrons. The molecule has 2 rings (SSSR count). The molecule has 0 unspecified atom stereocenters. The van der Waals surface area contributed by atoms with Crippen LogP contribution < -0.4 is 5.32 Å². The monoisotopic (exact) mass is 206 g/mol. The first-order valence-corrected chi connectivity index (χ1v) is 5.66. The molecular formula is C12H18N2O. The summed E-state index contributed by atoms with van der Waals surface area (Å²) in [6.45, 7) is 0.916. The van der Waals surface area contributed by atoms with Gasteiger partial charge < -0.3 is 10.4 Å². The van der Waals surface area contributed by atoms with Gasteiger partial charge in [0.25, 0.3) is 0 Å². The molecule has 1 aliphatic rings. The molecule has 2 N–H and O–H groups in total. The van der Waals surface area contributed by atoms with Crippen molar-refractivity contribution in [3.05, 3.63) is 29.6 Å². The maximum atomic E-state index is 8.88. The van der Waals surface area contributed by atoms with Crippen molar-refractivity contribution in [2.45, 2.75) is 44.9 Å². The van der Waals surface area contributed by atoms with Crippen LogP contribution in [0, 0.1) is 0 Å². The van der Waals surface area contributed by atoms with Crippen LogP contribution >= 0.6 is 0 Å². The minimum Gasteiger partial charge on any atom is -0.392 e. The standard InChI is InChI=1S/C12H18N2O/c15-9-10-5-6-12(13-7-10)8-14-11-3-1-2-4-11/h5-7,11,14-15H,1-4,8-9H2. The molecule has 15 heavy (non-hydrogen) atoms. The topological polar surface area (TPSA) is 45.1 Å². The molecule has 1 fully saturated rings. The second-order valence-electron chi connectivity index (χ2n) is 4.18. The van der Waals surface area contributed by atoms with Crippen molar-refractivity contribution in [2.75, 3.05) is 0 Å². The quantitative estimate of drug-likeness (QED) is 0.786. The van der Waals surface area contributed by atoms with Crippen LogP contribution in [0.1, 0.15) is 36.9 Å². The molecule has 1 heterocycles. The predicted octanol–water partition coefficient (Wildman–Crippen LogP) is 1.61. The van der Waals surface area contributed by atoms with Crippen molar-refractivity contribution in [1.29, 1.82) is 0 Å². The Morgan fingerprint density at radius 3 is 2.73 bits per heavy atom. The highest BCUT2D eigenvalue weighted by Gasteiger charge is 2.13. The van der Waals surface area contributed by atoms with E-state index < -0.39 is 0 Å². The summed E-state index contributed by atoms with van der Waals surface area (Å²) < 4.78 is 0. The van der Waals surface area contributed by atoms with Gasteiger partial charge in [-0.25, -0.2) is 0 Å². The van der Waals surface area contributed by atoms with Crippen molar-refractivity contribution in [3.63, 3.8) is 0 Å². The molecule has 1 saturated carbocycles. The summed E-state index contributed by atoms with van der Waals surface area (Å²) in [5, 5.41) is 12.4. The minimum absolute atomic E-state index is 0.0728. The average molecular weight is 206 g/mol. The molecule has 1 aliphatic carbocycles. The van der Waals surface area contributed by atoms with E-state index >= 15 is 0 Å². The van der Waals surface area contributed by atoms with Crippen molar-refractivity contribution >= 4 is 0 Å². The Morgan fingerprint density at radius 2 is 2.13 bits per heavy atom. The van der Waals surface area contributed by atoms with Crippen molar-refractivity contribution in [1.82, 2.24) is 10.3 Å². The van der Waals surface area contributed by atoms with E-state index in [1.807, 2.05) is 12.1 Å². The van der Waals surface area contributed by atoms with Gasteiger partial charge in [0.15, 0.2) is 0 Å². The number of aromatic nitrogens is 1. The van der Waals surface area contributed by atoms with Crippen LogP contribution in [-0.4, -0.2) is 16.1 Å². The van der Waals surface area contributed by atoms with Crippen LogP contribution in [0.4, 0.5) is 0 Å². The molecule has 3 nitrogen and oxygen atoms in total. The lowest BCUT2D eigenvalue weighted by atomic mass is 10.2. The van der Waals surface area contributed by atoms with Crippen LogP contribution in [-0.2, 0) is 13.2 Å². The number of hydrogen-bond acceptors (Lipinski definition) is 3. The fraction of sp³-hybridized carbons (Fsp3) is 0.583. The Labute approximate surface area is 90.5 Å². The number of hydrogen-bond donors (Lipinski definition) is 2. The van der Waals surface area contributed by atoms with E-state index in [0.29, 0.717) is 6.04 Å². The Bertz CT molecular complexity index is 291. The maximum Gasteiger partial charge on any atom is 0.0696 e. The fourth-order valence-corrected chi connectivity index (χ4v) is 2.03. The zero-order chi connectivity index (χ0) is 10.5. The van der Waals surface area contributed by atoms with Gasteiger partial charge in [0.2, 0.25) is 0 Å². The zero-order valence-electron chi connectivity index (χ0n) is 8.95. The lowest BCUT2D eigenvalue weighted by Crippen LogP contribution is -2.25. The third-order valence-corrected chi connectivity index (χ3v) is 3.00. The Morgan fingerprint density at radius 1 is 1.33 bits per heavy atom. The molecule has 0 bridgehead atoms. The van der Waals surface area contributed by atoms with Gasteiger partial charge in [-0.15, -0.1) is 0 Å². The predicted molar refractivity (Wildman–Crippen MR) is 59.3 cm³/mol. The van der Waals surface area contributed by atoms with Crippen LogP contribution in [0.3, 0.4) is 0 Å². The normalized spacial score (nSPS) is 17.1. The highest BCUT2D eigenvalue weighted by atomic mass is 16.3. The van der Waals surface area contributed by atoms with Crippen LogP contribution in [0.15, 0.2) is 18.3 Å². The first-order valence-electron chi connectivity index (χ1n) is 5.66. The molecule has 0 radical (unpaired) electrons. The van der Waals surface area contributed by atoms with E-state index in [9.17, 15) is 0 Å². The zero-order valence-corrected chi connectivity index (χ0v) is 8.95. The molecule has 0 aliphatic heterocycles. The summed E-state index contributed by atoms with van der Waals surface area (Å²) in [7, 11) is 0. The number of aliphatic hydroxyl groups is 1. The van der Waals surface area contributed by atoms with E-state index in [4.69, 9.17) is 5.11 Å². The van der Waals surface area contributed by atoms with Gasteiger partial charge in [-0.3, -0.25) is 4.98 Å². The lowest BCUT2D eigenvalue weighted by molar-refractivity contribution is 0.281. The number of aliphatic hydroxyl groups excluding tert-OH is 1. The third-order valence-electron chi connectivity index (χ3n) is 3.00. The molecule has 0 spiro atoms. The first kappa shape index (κ1) is 10.6. The van der Waals surface area contributed by atoms with E-state index in [0.717, 1.165) is 17.8 Å². The summed E-state index contributed by atoms with van der Waals surface area (Å²) in [6.07, 6.45) is 7.05. The summed E-state index contributed by atoms with van der Waals surface area (Å²) in [5.74, 6) is 0. The van der Waals surface area contributed by atoms with E-state index in [1.54, 1.807) is 6.20 Å². The number of pyridine rings is 1. The third kappa shape index (κ3) is 3.01. The summed E-state index contributed by atoms with van der Waals surface area (Å²) >= 11 is 0. The fourth-order valence-electron chi connectivity index (χ4n) is 2.03. The van der Waals surface area contributed by atoms with Gasteiger partial charge in [0.1, 0.15) is 0 Å². The van der Waals surface area contributed by atoms with E-state index in [2.05, 4.69) is 10.3 Å². The van der Waals surface area contributed by atoms with Gasteiger partial charge >= 0.3 is 0 Å². The molecule has 3 heteroatoms. The number of nitrogens with zero attached hydrogens (tertiary/aromatic N) is 1. The van der Waals surface area contributed by atoms with Crippen LogP contribution in [0.2, 0.25) is 0 Å². The molecular weight excluding hydrogens is 188 g/mol. The van der Waals surface area contributed by atoms with E-state index in [1.165, 1.54) is 25.7 Å². The Balaban J connectivity index is 1.82. The Kier molecular flexibility index (Phi) is 3.69. The molecule has 1 aromatic heterocycles. The van der Waals surface area contributed by atoms with Crippen molar-refractivity contribution < 1.29 is 5.11 Å². The second kappa shape index (κ2) is 5.24. The number of nitrogens with one attached hydrogen (secondary N) is 1. The smallest absolute Gasteiger partial charge is 0.0696 e. The maximum absolute atomic E-state index is 8.88. The van der Waals surface area contributed by atoms with Crippen LogP contribution in [0.25, 0.3) is 0 Å². The first-order chi connectivity index (χ1) is 7.38. The van der Waals surface area contributed by atoms with Gasteiger partial charge in [-0.05, 0) is 24.5 Å². The summed E-state index contributed by atoms with van der Waals surface area (Å²) in [5.41, 5.74) is 1.93. The summed E-state index contributed by atoms with van der Waals surface area (Å²) in [6, 6.07) is 4.59. The Hall–Kier alpha value is -0.930. The molecule has 0 amide bonds. The molecule has 0 aromatic carbocycles. The summed E-state index contributed by atoms with van der Waals surface area (Å²) in [4.78, 5) is 4.29. The van der Waals surface area contributed by atoms with Crippen molar-refractivity contribution in [2.24, 2.45) is 0 Å². The van der Waals surface area contributed by atoms with Gasteiger partial charge in [-0.1, -0.05) is 18.9 Å². The van der Waals surface area contributed by atoms with Crippen molar-refractivity contribution in [3.8, 4) is 0 Å². The van der Waals surface area contributed by atoms with Crippen LogP contribution in [0.5, 0.6) is 0 Å². The lowest BCUT2D eigenvalue weighted by Gasteiger charge is -2.11. The second-order valence-corrected chi connectivity index (χ2v) is 4.18. The van der Waals surface area contributed by atoms with E-state index in [-0.39, 0.29) is 6.61 Å². The molecule has 0 atom stereocenters. The highest BCUT2D eigenvalue weighted by Crippen LogP contribution is 2.17. The minimum atomic E-state index is 0.0728. The highest BCUT2D eigenvalue weighted by molar-refractivity contribution is 5.13. The number of rotatable bonds is 4. The van der Waals surface area contributed by atoms with Gasteiger partial charge in [-0.2, -0.15) is 0 Å².